The van der Waals surface area contributed by atoms with Crippen LogP contribution in [0, 0.1) is 0 Å². The van der Waals surface area contributed by atoms with Crippen molar-refractivity contribution in [3.8, 4) is 5.75 Å². The standard InChI is InChI=1S/C17H16N4O4/c1-20-14-13(16(23)21(2)17(20)24)11(8-9-18-14)19-15(22)10-6-4-5-7-12(10)25-3/h4-9H,1-3H3,(H,18,19,22). The van der Waals surface area contributed by atoms with E-state index < -0.39 is 17.2 Å². The van der Waals surface area contributed by atoms with Gasteiger partial charge in [-0.25, -0.2) is 9.78 Å². The number of hydrogen-bond donors (Lipinski definition) is 1. The van der Waals surface area contributed by atoms with Crippen LogP contribution in [0.25, 0.3) is 11.0 Å². The normalized spacial score (nSPS) is 10.7. The van der Waals surface area contributed by atoms with E-state index in [0.717, 1.165) is 4.57 Å². The molecule has 1 N–H and O–H groups in total. The number of hydrogen-bond acceptors (Lipinski definition) is 5. The number of rotatable bonds is 3. The van der Waals surface area contributed by atoms with E-state index in [0.29, 0.717) is 11.3 Å². The maximum absolute atomic E-state index is 12.6. The summed E-state index contributed by atoms with van der Waals surface area (Å²) in [6.07, 6.45) is 1.43. The number of fused-ring (bicyclic) bond motifs is 1. The van der Waals surface area contributed by atoms with Crippen molar-refractivity contribution in [3.05, 3.63) is 62.9 Å². The smallest absolute Gasteiger partial charge is 0.332 e. The van der Waals surface area contributed by atoms with Crippen LogP contribution < -0.4 is 21.3 Å². The van der Waals surface area contributed by atoms with Crippen LogP contribution in [0.4, 0.5) is 5.69 Å². The van der Waals surface area contributed by atoms with Gasteiger partial charge in [0.1, 0.15) is 11.1 Å². The lowest BCUT2D eigenvalue weighted by Crippen LogP contribution is -2.37. The van der Waals surface area contributed by atoms with E-state index >= 15 is 0 Å². The van der Waals surface area contributed by atoms with Crippen molar-refractivity contribution in [1.29, 1.82) is 0 Å². The first-order valence-electron chi connectivity index (χ1n) is 7.44. The van der Waals surface area contributed by atoms with Crippen LogP contribution in [0.5, 0.6) is 5.75 Å². The van der Waals surface area contributed by atoms with Gasteiger partial charge in [-0.3, -0.25) is 18.7 Å². The molecule has 3 aromatic rings. The number of anilines is 1. The Morgan fingerprint density at radius 3 is 2.56 bits per heavy atom. The van der Waals surface area contributed by atoms with Gasteiger partial charge in [-0.1, -0.05) is 12.1 Å². The maximum atomic E-state index is 12.6. The van der Waals surface area contributed by atoms with Crippen molar-refractivity contribution in [1.82, 2.24) is 14.1 Å². The molecular formula is C17H16N4O4. The highest BCUT2D eigenvalue weighted by molar-refractivity contribution is 6.09. The average Bonchev–Trinajstić information content (AvgIpc) is 2.64. The fourth-order valence-corrected chi connectivity index (χ4v) is 2.61. The second kappa shape index (κ2) is 6.23. The average molecular weight is 340 g/mol. The van der Waals surface area contributed by atoms with Crippen molar-refractivity contribution >= 4 is 22.6 Å². The summed E-state index contributed by atoms with van der Waals surface area (Å²) in [5.74, 6) is -0.0143. The number of nitrogens with one attached hydrogen (secondary N) is 1. The third-order valence-corrected chi connectivity index (χ3v) is 3.94. The lowest BCUT2D eigenvalue weighted by atomic mass is 10.1. The highest BCUT2D eigenvalue weighted by atomic mass is 16.5. The number of ether oxygens (including phenoxy) is 1. The zero-order valence-electron chi connectivity index (χ0n) is 13.9. The van der Waals surface area contributed by atoms with E-state index in [1.165, 1.54) is 38.0 Å². The van der Waals surface area contributed by atoms with E-state index in [1.807, 2.05) is 0 Å². The van der Waals surface area contributed by atoms with Gasteiger partial charge in [0.25, 0.3) is 11.5 Å². The molecule has 0 aliphatic heterocycles. The molecule has 2 heterocycles. The number of aryl methyl sites for hydroxylation is 1. The van der Waals surface area contributed by atoms with Gasteiger partial charge in [0.2, 0.25) is 0 Å². The molecule has 2 aromatic heterocycles. The number of carbonyl (C=O) groups is 1. The fraction of sp³-hybridized carbons (Fsp3) is 0.176. The molecule has 0 aliphatic rings. The van der Waals surface area contributed by atoms with E-state index in [-0.39, 0.29) is 16.7 Å². The summed E-state index contributed by atoms with van der Waals surface area (Å²) in [6.45, 7) is 0. The zero-order chi connectivity index (χ0) is 18.1. The molecule has 0 bridgehead atoms. The summed E-state index contributed by atoms with van der Waals surface area (Å²) in [5, 5.41) is 2.87. The number of nitrogens with zero attached hydrogens (tertiary/aromatic N) is 3. The first-order valence-corrected chi connectivity index (χ1v) is 7.44. The molecule has 25 heavy (non-hydrogen) atoms. The third-order valence-electron chi connectivity index (χ3n) is 3.94. The molecular weight excluding hydrogens is 324 g/mol. The van der Waals surface area contributed by atoms with E-state index in [4.69, 9.17) is 4.74 Å². The first-order chi connectivity index (χ1) is 12.0. The van der Waals surface area contributed by atoms with Gasteiger partial charge in [-0.05, 0) is 18.2 Å². The molecule has 0 unspecified atom stereocenters. The van der Waals surface area contributed by atoms with Crippen LogP contribution in [-0.4, -0.2) is 27.1 Å². The fourth-order valence-electron chi connectivity index (χ4n) is 2.61. The molecule has 0 fully saturated rings. The van der Waals surface area contributed by atoms with E-state index in [2.05, 4.69) is 10.3 Å². The number of aromatic nitrogens is 3. The Kier molecular flexibility index (Phi) is 4.10. The summed E-state index contributed by atoms with van der Waals surface area (Å²) in [7, 11) is 4.37. The van der Waals surface area contributed by atoms with Gasteiger partial charge >= 0.3 is 5.69 Å². The van der Waals surface area contributed by atoms with Crippen molar-refractivity contribution in [2.45, 2.75) is 0 Å². The molecule has 0 radical (unpaired) electrons. The van der Waals surface area contributed by atoms with Crippen LogP contribution in [0.1, 0.15) is 10.4 Å². The topological polar surface area (TPSA) is 95.2 Å². The van der Waals surface area contributed by atoms with E-state index in [9.17, 15) is 14.4 Å². The lowest BCUT2D eigenvalue weighted by molar-refractivity contribution is 0.102. The summed E-state index contributed by atoms with van der Waals surface area (Å²) in [5.41, 5.74) is -0.209. The molecule has 1 amide bonds. The quantitative estimate of drug-likeness (QED) is 0.764. The number of para-hydroxylation sites is 1. The number of methoxy groups -OCH3 is 1. The molecule has 8 heteroatoms. The van der Waals surface area contributed by atoms with Crippen LogP contribution >= 0.6 is 0 Å². The second-order valence-electron chi connectivity index (χ2n) is 5.42. The Bertz CT molecular complexity index is 1100. The van der Waals surface area contributed by atoms with Crippen molar-refractivity contribution in [2.75, 3.05) is 12.4 Å². The molecule has 3 rings (SSSR count). The molecule has 0 aliphatic carbocycles. The SMILES string of the molecule is COc1ccccc1C(=O)Nc1ccnc2c1c(=O)n(C)c(=O)n2C. The Labute approximate surface area is 142 Å². The Morgan fingerprint density at radius 1 is 1.12 bits per heavy atom. The number of amides is 1. The summed E-state index contributed by atoms with van der Waals surface area (Å²) in [6, 6.07) is 8.27. The van der Waals surface area contributed by atoms with Gasteiger partial charge in [0.15, 0.2) is 5.65 Å². The molecule has 0 atom stereocenters. The summed E-state index contributed by atoms with van der Waals surface area (Å²) >= 11 is 0. The summed E-state index contributed by atoms with van der Waals surface area (Å²) < 4.78 is 7.42. The van der Waals surface area contributed by atoms with Gasteiger partial charge in [0, 0.05) is 20.3 Å². The third kappa shape index (κ3) is 2.67. The first kappa shape index (κ1) is 16.4. The largest absolute Gasteiger partial charge is 0.496 e. The molecule has 0 saturated carbocycles. The maximum Gasteiger partial charge on any atom is 0.332 e. The van der Waals surface area contributed by atoms with Crippen LogP contribution in [0.3, 0.4) is 0 Å². The van der Waals surface area contributed by atoms with Crippen molar-refractivity contribution < 1.29 is 9.53 Å². The van der Waals surface area contributed by atoms with Gasteiger partial charge in [-0.15, -0.1) is 0 Å². The second-order valence-corrected chi connectivity index (χ2v) is 5.42. The van der Waals surface area contributed by atoms with Crippen LogP contribution in [-0.2, 0) is 14.1 Å². The molecule has 128 valence electrons. The minimum atomic E-state index is -0.526. The Morgan fingerprint density at radius 2 is 1.84 bits per heavy atom. The van der Waals surface area contributed by atoms with Gasteiger partial charge < -0.3 is 10.1 Å². The Balaban J connectivity index is 2.16. The van der Waals surface area contributed by atoms with E-state index in [1.54, 1.807) is 24.3 Å². The molecule has 8 nitrogen and oxygen atoms in total. The highest BCUT2D eigenvalue weighted by Crippen LogP contribution is 2.21. The molecule has 0 saturated heterocycles. The Hall–Kier alpha value is -3.42. The number of carbonyl (C=O) groups excluding carboxylic acids is 1. The van der Waals surface area contributed by atoms with Crippen LogP contribution in [0.2, 0.25) is 0 Å². The monoisotopic (exact) mass is 340 g/mol. The minimum Gasteiger partial charge on any atom is -0.496 e. The van der Waals surface area contributed by atoms with Crippen LogP contribution in [0.15, 0.2) is 46.1 Å². The van der Waals surface area contributed by atoms with Gasteiger partial charge in [-0.2, -0.15) is 0 Å². The van der Waals surface area contributed by atoms with Crippen molar-refractivity contribution in [3.63, 3.8) is 0 Å². The number of benzene rings is 1. The predicted molar refractivity (Wildman–Crippen MR) is 93.2 cm³/mol. The minimum absolute atomic E-state index is 0.162. The van der Waals surface area contributed by atoms with Crippen molar-refractivity contribution in [2.24, 2.45) is 14.1 Å². The molecule has 1 aromatic carbocycles. The zero-order valence-corrected chi connectivity index (χ0v) is 13.9. The predicted octanol–water partition coefficient (Wildman–Crippen LogP) is 0.893. The van der Waals surface area contributed by atoms with Gasteiger partial charge in [0.05, 0.1) is 18.4 Å². The lowest BCUT2D eigenvalue weighted by Gasteiger charge is -2.12. The highest BCUT2D eigenvalue weighted by Gasteiger charge is 2.17. The number of pyridine rings is 1. The molecule has 0 spiro atoms. The summed E-state index contributed by atoms with van der Waals surface area (Å²) in [4.78, 5) is 41.2.